The summed E-state index contributed by atoms with van der Waals surface area (Å²) in [7, 11) is 0. The van der Waals surface area contributed by atoms with Crippen LogP contribution in [0.2, 0.25) is 0 Å². The van der Waals surface area contributed by atoms with E-state index in [2.05, 4.69) is 62.7 Å². The van der Waals surface area contributed by atoms with E-state index in [1.165, 1.54) is 63.1 Å². The molecule has 1 atom stereocenters. The summed E-state index contributed by atoms with van der Waals surface area (Å²) < 4.78 is 2.41. The molecule has 0 spiro atoms. The average Bonchev–Trinajstić information content (AvgIpc) is 3.21. The van der Waals surface area contributed by atoms with Crippen molar-refractivity contribution in [2.45, 2.75) is 51.7 Å². The molecule has 2 fully saturated rings. The first-order valence-electron chi connectivity index (χ1n) is 12.2. The zero-order valence-electron chi connectivity index (χ0n) is 19.2. The lowest BCUT2D eigenvalue weighted by atomic mass is 9.93. The van der Waals surface area contributed by atoms with E-state index in [0.29, 0.717) is 5.92 Å². The highest BCUT2D eigenvalue weighted by Gasteiger charge is 2.29. The van der Waals surface area contributed by atoms with Gasteiger partial charge in [0.05, 0.1) is 0 Å². The fourth-order valence-electron chi connectivity index (χ4n) is 5.54. The molecule has 1 unspecified atom stereocenters. The molecule has 0 saturated carbocycles. The van der Waals surface area contributed by atoms with E-state index in [0.717, 1.165) is 30.5 Å². The molecule has 2 aliphatic rings. The highest BCUT2D eigenvalue weighted by atomic mass is 15.2. The van der Waals surface area contributed by atoms with Crippen molar-refractivity contribution in [1.82, 2.24) is 24.3 Å². The Hall–Kier alpha value is -2.50. The number of hydrogen-bond acceptors (Lipinski definition) is 4. The Bertz CT molecular complexity index is 976. The van der Waals surface area contributed by atoms with Crippen LogP contribution < -0.4 is 0 Å². The maximum Gasteiger partial charge on any atom is 0.141 e. The molecule has 5 nitrogen and oxygen atoms in total. The molecule has 0 radical (unpaired) electrons. The Morgan fingerprint density at radius 3 is 2.56 bits per heavy atom. The van der Waals surface area contributed by atoms with Crippen molar-refractivity contribution >= 4 is 0 Å². The monoisotopic (exact) mass is 429 g/mol. The van der Waals surface area contributed by atoms with Gasteiger partial charge in [0.2, 0.25) is 0 Å². The Morgan fingerprint density at radius 2 is 1.78 bits per heavy atom. The molecule has 5 rings (SSSR count). The Labute approximate surface area is 192 Å². The van der Waals surface area contributed by atoms with E-state index in [9.17, 15) is 0 Å². The first kappa shape index (κ1) is 21.4. The standard InChI is InChI=1S/C27H35N5/c1-22-17-29-27(25-10-5-13-28-18-25)32(22)21-24-9-6-14-31(20-24)26-11-15-30(16-12-26)19-23-7-3-2-4-8-23/h2-5,7-8,10,13,17-18,24,26H,6,9,11-12,14-16,19-21H2,1H3. The van der Waals surface area contributed by atoms with Gasteiger partial charge in [-0.25, -0.2) is 4.98 Å². The molecular weight excluding hydrogens is 394 g/mol. The molecule has 0 N–H and O–H groups in total. The van der Waals surface area contributed by atoms with Crippen LogP contribution in [0.5, 0.6) is 0 Å². The van der Waals surface area contributed by atoms with Crippen molar-refractivity contribution in [1.29, 1.82) is 0 Å². The van der Waals surface area contributed by atoms with Gasteiger partial charge >= 0.3 is 0 Å². The van der Waals surface area contributed by atoms with E-state index in [4.69, 9.17) is 4.98 Å². The Morgan fingerprint density at radius 1 is 0.938 bits per heavy atom. The maximum atomic E-state index is 4.71. The van der Waals surface area contributed by atoms with Gasteiger partial charge in [-0.2, -0.15) is 0 Å². The third kappa shape index (κ3) is 4.94. The Kier molecular flexibility index (Phi) is 6.65. The number of piperidine rings is 2. The van der Waals surface area contributed by atoms with Crippen molar-refractivity contribution in [3.05, 3.63) is 72.3 Å². The van der Waals surface area contributed by atoms with Crippen LogP contribution >= 0.6 is 0 Å². The molecular formula is C27H35N5. The number of rotatable bonds is 6. The molecule has 4 heterocycles. The van der Waals surface area contributed by atoms with E-state index < -0.39 is 0 Å². The number of pyridine rings is 1. The average molecular weight is 430 g/mol. The van der Waals surface area contributed by atoms with Crippen LogP contribution in [0.1, 0.15) is 36.9 Å². The molecule has 32 heavy (non-hydrogen) atoms. The maximum absolute atomic E-state index is 4.71. The fourth-order valence-corrected chi connectivity index (χ4v) is 5.54. The molecule has 2 aliphatic heterocycles. The first-order chi connectivity index (χ1) is 15.8. The highest BCUT2D eigenvalue weighted by molar-refractivity contribution is 5.54. The summed E-state index contributed by atoms with van der Waals surface area (Å²) in [5, 5.41) is 0. The Balaban J connectivity index is 1.18. The third-order valence-corrected chi connectivity index (χ3v) is 7.29. The number of aromatic nitrogens is 3. The summed E-state index contributed by atoms with van der Waals surface area (Å²) in [5.74, 6) is 1.75. The predicted molar refractivity (Wildman–Crippen MR) is 129 cm³/mol. The summed E-state index contributed by atoms with van der Waals surface area (Å²) in [6.07, 6.45) is 11.0. The van der Waals surface area contributed by atoms with E-state index in [-0.39, 0.29) is 0 Å². The van der Waals surface area contributed by atoms with Gasteiger partial charge in [0, 0.05) is 55.5 Å². The molecule has 0 aliphatic carbocycles. The van der Waals surface area contributed by atoms with Gasteiger partial charge in [-0.05, 0) is 75.9 Å². The number of benzene rings is 1. The molecule has 1 aromatic carbocycles. The number of aryl methyl sites for hydroxylation is 1. The van der Waals surface area contributed by atoms with Crippen molar-refractivity contribution in [2.24, 2.45) is 5.92 Å². The van der Waals surface area contributed by atoms with E-state index in [1.54, 1.807) is 0 Å². The summed E-state index contributed by atoms with van der Waals surface area (Å²) in [4.78, 5) is 14.4. The molecule has 168 valence electrons. The highest BCUT2D eigenvalue weighted by Crippen LogP contribution is 2.27. The SMILES string of the molecule is Cc1cnc(-c2cccnc2)n1CC1CCCN(C2CCN(Cc3ccccc3)CC2)C1. The van der Waals surface area contributed by atoms with Gasteiger partial charge in [-0.15, -0.1) is 0 Å². The van der Waals surface area contributed by atoms with Crippen molar-refractivity contribution in [3.63, 3.8) is 0 Å². The fraction of sp³-hybridized carbons (Fsp3) is 0.481. The zero-order valence-corrected chi connectivity index (χ0v) is 19.2. The molecule has 3 aromatic rings. The molecule has 5 heteroatoms. The van der Waals surface area contributed by atoms with Gasteiger partial charge in [-0.3, -0.25) is 14.8 Å². The second-order valence-corrected chi connectivity index (χ2v) is 9.57. The summed E-state index contributed by atoms with van der Waals surface area (Å²) >= 11 is 0. The lowest BCUT2D eigenvalue weighted by Gasteiger charge is -2.42. The third-order valence-electron chi connectivity index (χ3n) is 7.29. The van der Waals surface area contributed by atoms with Gasteiger partial charge in [0.25, 0.3) is 0 Å². The number of likely N-dealkylation sites (tertiary alicyclic amines) is 2. The summed E-state index contributed by atoms with van der Waals surface area (Å²) in [6, 6.07) is 15.8. The summed E-state index contributed by atoms with van der Waals surface area (Å²) in [5.41, 5.74) is 3.79. The van der Waals surface area contributed by atoms with Crippen LogP contribution in [0, 0.1) is 12.8 Å². The summed E-state index contributed by atoms with van der Waals surface area (Å²) in [6.45, 7) is 9.23. The van der Waals surface area contributed by atoms with Crippen molar-refractivity contribution in [3.8, 4) is 11.4 Å². The minimum absolute atomic E-state index is 0.689. The smallest absolute Gasteiger partial charge is 0.141 e. The van der Waals surface area contributed by atoms with Crippen molar-refractivity contribution < 1.29 is 0 Å². The minimum atomic E-state index is 0.689. The van der Waals surface area contributed by atoms with Crippen LogP contribution in [-0.2, 0) is 13.1 Å². The topological polar surface area (TPSA) is 37.2 Å². The van der Waals surface area contributed by atoms with Gasteiger partial charge in [-0.1, -0.05) is 30.3 Å². The van der Waals surface area contributed by atoms with Gasteiger partial charge in [0.1, 0.15) is 5.82 Å². The number of nitrogens with zero attached hydrogens (tertiary/aromatic N) is 5. The first-order valence-corrected chi connectivity index (χ1v) is 12.2. The van der Waals surface area contributed by atoms with Crippen LogP contribution in [0.25, 0.3) is 11.4 Å². The van der Waals surface area contributed by atoms with E-state index in [1.807, 2.05) is 24.7 Å². The van der Waals surface area contributed by atoms with Crippen LogP contribution in [-0.4, -0.2) is 56.6 Å². The molecule has 2 aromatic heterocycles. The van der Waals surface area contributed by atoms with Gasteiger partial charge < -0.3 is 4.57 Å². The minimum Gasteiger partial charge on any atom is -0.328 e. The lowest BCUT2D eigenvalue weighted by Crippen LogP contribution is -2.48. The van der Waals surface area contributed by atoms with Crippen LogP contribution in [0.15, 0.2) is 61.1 Å². The van der Waals surface area contributed by atoms with E-state index >= 15 is 0 Å². The lowest BCUT2D eigenvalue weighted by molar-refractivity contribution is 0.0653. The van der Waals surface area contributed by atoms with Crippen LogP contribution in [0.4, 0.5) is 0 Å². The quantitative estimate of drug-likeness (QED) is 0.573. The van der Waals surface area contributed by atoms with Crippen molar-refractivity contribution in [2.75, 3.05) is 26.2 Å². The number of hydrogen-bond donors (Lipinski definition) is 0. The predicted octanol–water partition coefficient (Wildman–Crippen LogP) is 4.63. The number of imidazole rings is 1. The second kappa shape index (κ2) is 9.97. The molecule has 2 saturated heterocycles. The normalized spacial score (nSPS) is 21.1. The molecule has 0 amide bonds. The zero-order chi connectivity index (χ0) is 21.8. The van der Waals surface area contributed by atoms with Crippen LogP contribution in [0.3, 0.4) is 0 Å². The molecule has 0 bridgehead atoms. The largest absolute Gasteiger partial charge is 0.328 e. The second-order valence-electron chi connectivity index (χ2n) is 9.57. The van der Waals surface area contributed by atoms with Gasteiger partial charge in [0.15, 0.2) is 0 Å².